The molecule has 0 aliphatic rings. The summed E-state index contributed by atoms with van der Waals surface area (Å²) < 4.78 is 32.9. The molecule has 1 rings (SSSR count). The molecule has 5 heteroatoms. The van der Waals surface area contributed by atoms with Crippen LogP contribution in [0, 0.1) is 6.92 Å². The summed E-state index contributed by atoms with van der Waals surface area (Å²) in [6, 6.07) is 3.44. The average molecular weight is 299 g/mol. The maximum atomic E-state index is 12.4. The van der Waals surface area contributed by atoms with E-state index in [1.54, 1.807) is 26.2 Å². The van der Waals surface area contributed by atoms with Gasteiger partial charge in [0.2, 0.25) is 10.0 Å². The van der Waals surface area contributed by atoms with Gasteiger partial charge in [0.05, 0.1) is 12.0 Å². The normalized spacial score (nSPS) is 13.6. The molecular weight excluding hydrogens is 274 g/mol. The lowest BCUT2D eigenvalue weighted by atomic mass is 10.0. The first-order valence-corrected chi connectivity index (χ1v) is 8.42. The number of hydrogen-bond acceptors (Lipinski definition) is 3. The third-order valence-electron chi connectivity index (χ3n) is 3.41. The van der Waals surface area contributed by atoms with Gasteiger partial charge in [0, 0.05) is 6.04 Å². The van der Waals surface area contributed by atoms with Crippen molar-refractivity contribution in [1.29, 1.82) is 0 Å². The molecule has 0 aliphatic carbocycles. The zero-order valence-corrected chi connectivity index (χ0v) is 14.0. The zero-order chi connectivity index (χ0) is 15.5. The molecule has 0 aliphatic heterocycles. The molecule has 0 amide bonds. The van der Waals surface area contributed by atoms with Crippen molar-refractivity contribution in [2.45, 2.75) is 57.9 Å². The molecule has 0 radical (unpaired) electrons. The van der Waals surface area contributed by atoms with Gasteiger partial charge in [-0.15, -0.1) is 0 Å². The highest BCUT2D eigenvalue weighted by Crippen LogP contribution is 2.31. The van der Waals surface area contributed by atoms with Crippen LogP contribution in [0.3, 0.4) is 0 Å². The van der Waals surface area contributed by atoms with E-state index in [-0.39, 0.29) is 12.0 Å². The predicted molar refractivity (Wildman–Crippen MR) is 81.9 cm³/mol. The van der Waals surface area contributed by atoms with E-state index < -0.39 is 10.0 Å². The van der Waals surface area contributed by atoms with Gasteiger partial charge in [-0.1, -0.05) is 20.8 Å². The van der Waals surface area contributed by atoms with E-state index in [1.807, 2.05) is 27.7 Å². The zero-order valence-electron chi connectivity index (χ0n) is 13.1. The van der Waals surface area contributed by atoms with Crippen molar-refractivity contribution in [3.63, 3.8) is 0 Å². The summed E-state index contributed by atoms with van der Waals surface area (Å²) >= 11 is 0. The number of ether oxygens (including phenoxy) is 1. The van der Waals surface area contributed by atoms with E-state index >= 15 is 0 Å². The smallest absolute Gasteiger partial charge is 0.241 e. The van der Waals surface area contributed by atoms with E-state index in [1.165, 1.54) is 0 Å². The molecule has 0 saturated heterocycles. The van der Waals surface area contributed by atoms with Crippen LogP contribution in [0.1, 0.15) is 51.2 Å². The Morgan fingerprint density at radius 1 is 1.25 bits per heavy atom. The quantitative estimate of drug-likeness (QED) is 0.877. The summed E-state index contributed by atoms with van der Waals surface area (Å²) in [6.07, 6.45) is 0.755. The molecule has 0 heterocycles. The van der Waals surface area contributed by atoms with Crippen LogP contribution in [0.25, 0.3) is 0 Å². The maximum absolute atomic E-state index is 12.4. The summed E-state index contributed by atoms with van der Waals surface area (Å²) in [5.41, 5.74) is 1.60. The molecule has 1 aromatic rings. The van der Waals surface area contributed by atoms with Crippen molar-refractivity contribution in [2.24, 2.45) is 0 Å². The molecule has 0 unspecified atom stereocenters. The number of methoxy groups -OCH3 is 1. The number of hydrogen-bond donors (Lipinski definition) is 1. The number of aryl methyl sites for hydroxylation is 1. The van der Waals surface area contributed by atoms with E-state index in [0.717, 1.165) is 17.7 Å². The standard InChI is InChI=1S/C15H25NO3S/c1-7-12(5)16-20(17,18)15-9-13(10(2)3)14(19-6)8-11(15)4/h8-10,12,16H,7H2,1-6H3/t12-/m1/s1. The van der Waals surface area contributed by atoms with E-state index in [4.69, 9.17) is 4.74 Å². The summed E-state index contributed by atoms with van der Waals surface area (Å²) in [5, 5.41) is 0. The van der Waals surface area contributed by atoms with Gasteiger partial charge in [-0.25, -0.2) is 13.1 Å². The van der Waals surface area contributed by atoms with Crippen LogP contribution in [0.4, 0.5) is 0 Å². The van der Waals surface area contributed by atoms with Crippen molar-refractivity contribution < 1.29 is 13.2 Å². The number of rotatable bonds is 6. The highest BCUT2D eigenvalue weighted by molar-refractivity contribution is 7.89. The lowest BCUT2D eigenvalue weighted by Gasteiger charge is -2.18. The molecule has 1 atom stereocenters. The molecule has 4 nitrogen and oxygen atoms in total. The first kappa shape index (κ1) is 17.0. The van der Waals surface area contributed by atoms with Gasteiger partial charge in [0.15, 0.2) is 0 Å². The molecule has 0 spiro atoms. The molecule has 0 fully saturated rings. The third kappa shape index (κ3) is 3.73. The van der Waals surface area contributed by atoms with Crippen molar-refractivity contribution >= 4 is 10.0 Å². The number of sulfonamides is 1. The minimum absolute atomic E-state index is 0.0796. The van der Waals surface area contributed by atoms with Crippen molar-refractivity contribution in [3.8, 4) is 5.75 Å². The largest absolute Gasteiger partial charge is 0.496 e. The van der Waals surface area contributed by atoms with Crippen LogP contribution in [-0.2, 0) is 10.0 Å². The van der Waals surface area contributed by atoms with Crippen molar-refractivity contribution in [3.05, 3.63) is 23.3 Å². The van der Waals surface area contributed by atoms with E-state index in [9.17, 15) is 8.42 Å². The predicted octanol–water partition coefficient (Wildman–Crippen LogP) is 3.20. The van der Waals surface area contributed by atoms with Crippen LogP contribution in [0.15, 0.2) is 17.0 Å². The summed E-state index contributed by atoms with van der Waals surface area (Å²) in [4.78, 5) is 0.335. The van der Waals surface area contributed by atoms with Crippen molar-refractivity contribution in [2.75, 3.05) is 7.11 Å². The summed E-state index contributed by atoms with van der Waals surface area (Å²) in [7, 11) is -1.89. The van der Waals surface area contributed by atoms with Gasteiger partial charge < -0.3 is 4.74 Å². The van der Waals surface area contributed by atoms with Gasteiger partial charge >= 0.3 is 0 Å². The second kappa shape index (κ2) is 6.59. The number of nitrogens with one attached hydrogen (secondary N) is 1. The van der Waals surface area contributed by atoms with Gasteiger partial charge in [-0.05, 0) is 49.4 Å². The fourth-order valence-electron chi connectivity index (χ4n) is 2.01. The SMILES string of the molecule is CC[C@@H](C)NS(=O)(=O)c1cc(C(C)C)c(OC)cc1C. The van der Waals surface area contributed by atoms with E-state index in [2.05, 4.69) is 4.72 Å². The monoisotopic (exact) mass is 299 g/mol. The van der Waals surface area contributed by atoms with Crippen LogP contribution in [0.5, 0.6) is 5.75 Å². The van der Waals surface area contributed by atoms with Gasteiger partial charge in [0.25, 0.3) is 0 Å². The van der Waals surface area contributed by atoms with E-state index in [0.29, 0.717) is 10.5 Å². The second-order valence-corrected chi connectivity index (χ2v) is 7.13. The topological polar surface area (TPSA) is 55.4 Å². The number of benzene rings is 1. The van der Waals surface area contributed by atoms with Crippen LogP contribution < -0.4 is 9.46 Å². The lowest BCUT2D eigenvalue weighted by Crippen LogP contribution is -2.32. The Hall–Kier alpha value is -1.07. The Morgan fingerprint density at radius 2 is 1.85 bits per heavy atom. The fourth-order valence-corrected chi connectivity index (χ4v) is 3.59. The van der Waals surface area contributed by atoms with Crippen LogP contribution in [-0.4, -0.2) is 21.6 Å². The second-order valence-electron chi connectivity index (χ2n) is 5.44. The Labute approximate surface area is 122 Å². The highest BCUT2D eigenvalue weighted by atomic mass is 32.2. The minimum Gasteiger partial charge on any atom is -0.496 e. The van der Waals surface area contributed by atoms with Crippen molar-refractivity contribution in [1.82, 2.24) is 4.72 Å². The lowest BCUT2D eigenvalue weighted by molar-refractivity contribution is 0.406. The van der Waals surface area contributed by atoms with Gasteiger partial charge in [-0.3, -0.25) is 0 Å². The molecule has 0 saturated carbocycles. The Morgan fingerprint density at radius 3 is 2.30 bits per heavy atom. The molecule has 0 bridgehead atoms. The van der Waals surface area contributed by atoms with Gasteiger partial charge in [-0.2, -0.15) is 0 Å². The molecule has 1 N–H and O–H groups in total. The third-order valence-corrected chi connectivity index (χ3v) is 5.14. The molecule has 20 heavy (non-hydrogen) atoms. The van der Waals surface area contributed by atoms with Gasteiger partial charge in [0.1, 0.15) is 5.75 Å². The first-order chi connectivity index (χ1) is 9.22. The molecule has 114 valence electrons. The first-order valence-electron chi connectivity index (χ1n) is 6.93. The molecular formula is C15H25NO3S. The maximum Gasteiger partial charge on any atom is 0.241 e. The fraction of sp³-hybridized carbons (Fsp3) is 0.600. The summed E-state index contributed by atoms with van der Waals surface area (Å²) in [6.45, 7) is 9.64. The molecule has 1 aromatic carbocycles. The molecule has 0 aromatic heterocycles. The Kier molecular flexibility index (Phi) is 5.59. The Bertz CT molecular complexity index is 565. The summed E-state index contributed by atoms with van der Waals surface area (Å²) in [5.74, 6) is 0.933. The van der Waals surface area contributed by atoms with Crippen LogP contribution in [0.2, 0.25) is 0 Å². The minimum atomic E-state index is -3.49. The average Bonchev–Trinajstić information content (AvgIpc) is 2.36. The van der Waals surface area contributed by atoms with Crippen LogP contribution >= 0.6 is 0 Å². The highest BCUT2D eigenvalue weighted by Gasteiger charge is 2.22. The Balaban J connectivity index is 3.35.